The number of nitrogens with zero attached hydrogens (tertiary/aromatic N) is 2. The van der Waals surface area contributed by atoms with E-state index >= 15 is 0 Å². The molecular weight excluding hydrogens is 329 g/mol. The van der Waals surface area contributed by atoms with E-state index in [0.29, 0.717) is 0 Å². The Balaban J connectivity index is 2.31. The first-order valence-corrected chi connectivity index (χ1v) is 6.30. The Morgan fingerprint density at radius 2 is 2.12 bits per heavy atom. The van der Waals surface area contributed by atoms with Gasteiger partial charge in [0.1, 0.15) is 11.3 Å². The summed E-state index contributed by atoms with van der Waals surface area (Å²) >= 11 is 2.30. The van der Waals surface area contributed by atoms with Gasteiger partial charge in [-0.2, -0.15) is 0 Å². The van der Waals surface area contributed by atoms with Crippen molar-refractivity contribution in [3.05, 3.63) is 33.5 Å². The number of halogens is 1. The molecule has 17 heavy (non-hydrogen) atoms. The Labute approximate surface area is 112 Å². The van der Waals surface area contributed by atoms with E-state index in [9.17, 15) is 0 Å². The van der Waals surface area contributed by atoms with Gasteiger partial charge in [0.2, 0.25) is 0 Å². The topological polar surface area (TPSA) is 54.7 Å². The zero-order valence-electron chi connectivity index (χ0n) is 9.41. The highest BCUT2D eigenvalue weighted by molar-refractivity contribution is 14.1. The molecule has 0 bridgehead atoms. The van der Waals surface area contributed by atoms with Crippen molar-refractivity contribution in [2.75, 3.05) is 0 Å². The fourth-order valence-corrected chi connectivity index (χ4v) is 2.81. The van der Waals surface area contributed by atoms with E-state index in [4.69, 9.17) is 4.52 Å². The number of benzene rings is 1. The fourth-order valence-electron chi connectivity index (χ4n) is 2.05. The van der Waals surface area contributed by atoms with Gasteiger partial charge >= 0.3 is 0 Å². The van der Waals surface area contributed by atoms with Gasteiger partial charge in [-0.1, -0.05) is 5.16 Å². The molecule has 0 atom stereocenters. The van der Waals surface area contributed by atoms with Gasteiger partial charge in [-0.15, -0.1) is 0 Å². The van der Waals surface area contributed by atoms with Crippen LogP contribution in [0, 0.1) is 17.4 Å². The first-order chi connectivity index (χ1) is 8.16. The van der Waals surface area contributed by atoms with Crippen LogP contribution in [0.5, 0.6) is 0 Å². The third kappa shape index (κ3) is 1.65. The maximum atomic E-state index is 5.20. The molecule has 86 valence electrons. The Hall–Kier alpha value is -1.37. The van der Waals surface area contributed by atoms with Crippen LogP contribution < -0.4 is 0 Å². The molecule has 0 fully saturated rings. The maximum Gasteiger partial charge on any atom is 0.141 e. The van der Waals surface area contributed by atoms with E-state index in [0.717, 1.165) is 37.2 Å². The van der Waals surface area contributed by atoms with Gasteiger partial charge in [0.25, 0.3) is 0 Å². The summed E-state index contributed by atoms with van der Waals surface area (Å²) in [6.07, 6.45) is 1.71. The molecule has 0 radical (unpaired) electrons. The van der Waals surface area contributed by atoms with Crippen LogP contribution >= 0.6 is 22.6 Å². The molecule has 0 unspecified atom stereocenters. The van der Waals surface area contributed by atoms with Crippen molar-refractivity contribution in [2.24, 2.45) is 0 Å². The summed E-state index contributed by atoms with van der Waals surface area (Å²) in [7, 11) is 0. The summed E-state index contributed by atoms with van der Waals surface area (Å²) in [6.45, 7) is 3.88. The molecule has 0 saturated heterocycles. The average Bonchev–Trinajstić information content (AvgIpc) is 2.86. The van der Waals surface area contributed by atoms with Crippen LogP contribution in [0.4, 0.5) is 0 Å². The lowest BCUT2D eigenvalue weighted by atomic mass is 10.0. The molecular formula is C12H10IN3O. The summed E-state index contributed by atoms with van der Waals surface area (Å²) in [5.74, 6) is 0.845. The highest BCUT2D eigenvalue weighted by Gasteiger charge is 2.13. The summed E-state index contributed by atoms with van der Waals surface area (Å²) < 4.78 is 6.33. The molecule has 2 aromatic heterocycles. The minimum atomic E-state index is 0.845. The highest BCUT2D eigenvalue weighted by Crippen LogP contribution is 2.31. The number of hydrogen-bond acceptors (Lipinski definition) is 3. The van der Waals surface area contributed by atoms with Crippen molar-refractivity contribution in [1.82, 2.24) is 15.1 Å². The molecule has 3 aromatic rings. The summed E-state index contributed by atoms with van der Waals surface area (Å²) in [4.78, 5) is 7.42. The van der Waals surface area contributed by atoms with Crippen LogP contribution in [-0.2, 0) is 0 Å². The Bertz CT molecular complexity index is 679. The predicted octanol–water partition coefficient (Wildman–Crippen LogP) is 3.44. The zero-order chi connectivity index (χ0) is 12.0. The highest BCUT2D eigenvalue weighted by atomic mass is 127. The third-order valence-corrected chi connectivity index (χ3v) is 3.62. The lowest BCUT2D eigenvalue weighted by Gasteiger charge is -2.02. The van der Waals surface area contributed by atoms with Crippen molar-refractivity contribution in [3.63, 3.8) is 0 Å². The lowest BCUT2D eigenvalue weighted by Crippen LogP contribution is -1.85. The number of aromatic nitrogens is 3. The van der Waals surface area contributed by atoms with Crippen molar-refractivity contribution in [2.45, 2.75) is 13.8 Å². The molecule has 0 spiro atoms. The van der Waals surface area contributed by atoms with Gasteiger partial charge in [-0.25, -0.2) is 4.98 Å². The number of fused-ring (bicyclic) bond motifs is 1. The lowest BCUT2D eigenvalue weighted by molar-refractivity contribution is 0.393. The molecule has 2 heterocycles. The van der Waals surface area contributed by atoms with E-state index < -0.39 is 0 Å². The molecule has 0 saturated carbocycles. The predicted molar refractivity (Wildman–Crippen MR) is 73.8 cm³/mol. The molecule has 4 nitrogen and oxygen atoms in total. The van der Waals surface area contributed by atoms with Crippen molar-refractivity contribution in [1.29, 1.82) is 0 Å². The number of imidazole rings is 1. The number of H-pyrrole nitrogens is 1. The summed E-state index contributed by atoms with van der Waals surface area (Å²) in [6, 6.07) is 4.19. The van der Waals surface area contributed by atoms with E-state index in [1.807, 2.05) is 13.8 Å². The van der Waals surface area contributed by atoms with E-state index in [2.05, 4.69) is 49.8 Å². The molecule has 0 aliphatic rings. The minimum Gasteiger partial charge on any atom is -0.361 e. The van der Waals surface area contributed by atoms with Gasteiger partial charge in [0.05, 0.1) is 17.5 Å². The van der Waals surface area contributed by atoms with Crippen molar-refractivity contribution in [3.8, 4) is 11.1 Å². The number of rotatable bonds is 1. The largest absolute Gasteiger partial charge is 0.361 e. The standard InChI is InChI=1S/C12H10IN3O/c1-6-11(7(2)17-16-6)8-3-9(13)12-10(4-8)14-5-15-12/h3-5H,1-2H3,(H,14,15). The Morgan fingerprint density at radius 3 is 2.82 bits per heavy atom. The number of aryl methyl sites for hydroxylation is 2. The molecule has 0 amide bonds. The number of hydrogen-bond donors (Lipinski definition) is 1. The van der Waals surface area contributed by atoms with Crippen LogP contribution in [0.2, 0.25) is 0 Å². The van der Waals surface area contributed by atoms with E-state index in [1.54, 1.807) is 6.33 Å². The normalized spacial score (nSPS) is 11.2. The maximum absolute atomic E-state index is 5.20. The first-order valence-electron chi connectivity index (χ1n) is 5.22. The minimum absolute atomic E-state index is 0.845. The van der Waals surface area contributed by atoms with Gasteiger partial charge in [0, 0.05) is 9.13 Å². The Kier molecular flexibility index (Phi) is 2.43. The number of nitrogens with one attached hydrogen (secondary N) is 1. The van der Waals surface area contributed by atoms with Gasteiger partial charge in [0.15, 0.2) is 0 Å². The average molecular weight is 339 g/mol. The van der Waals surface area contributed by atoms with E-state index in [1.165, 1.54) is 0 Å². The molecule has 1 N–H and O–H groups in total. The van der Waals surface area contributed by atoms with Crippen LogP contribution in [0.1, 0.15) is 11.5 Å². The Morgan fingerprint density at radius 1 is 1.29 bits per heavy atom. The van der Waals surface area contributed by atoms with Crippen LogP contribution in [0.25, 0.3) is 22.2 Å². The van der Waals surface area contributed by atoms with Crippen LogP contribution in [0.3, 0.4) is 0 Å². The SMILES string of the molecule is Cc1noc(C)c1-c1cc(I)c2nc[nH]c2c1. The molecule has 0 aliphatic heterocycles. The second-order valence-corrected chi connectivity index (χ2v) is 5.12. The first kappa shape index (κ1) is 10.8. The van der Waals surface area contributed by atoms with E-state index in [-0.39, 0.29) is 0 Å². The molecule has 5 heteroatoms. The van der Waals surface area contributed by atoms with Gasteiger partial charge in [-0.3, -0.25) is 0 Å². The van der Waals surface area contributed by atoms with Gasteiger partial charge in [-0.05, 0) is 54.1 Å². The third-order valence-electron chi connectivity index (χ3n) is 2.80. The zero-order valence-corrected chi connectivity index (χ0v) is 11.6. The van der Waals surface area contributed by atoms with Crippen molar-refractivity contribution >= 4 is 33.6 Å². The fraction of sp³-hybridized carbons (Fsp3) is 0.167. The second-order valence-electron chi connectivity index (χ2n) is 3.96. The smallest absolute Gasteiger partial charge is 0.141 e. The number of aromatic amines is 1. The van der Waals surface area contributed by atoms with Crippen LogP contribution in [0.15, 0.2) is 23.0 Å². The van der Waals surface area contributed by atoms with Gasteiger partial charge < -0.3 is 9.51 Å². The van der Waals surface area contributed by atoms with Crippen molar-refractivity contribution < 1.29 is 4.52 Å². The molecule has 0 aliphatic carbocycles. The quantitative estimate of drug-likeness (QED) is 0.691. The molecule has 1 aromatic carbocycles. The second kappa shape index (κ2) is 3.83. The summed E-state index contributed by atoms with van der Waals surface area (Å²) in [5.41, 5.74) is 5.13. The monoisotopic (exact) mass is 339 g/mol. The summed E-state index contributed by atoms with van der Waals surface area (Å²) in [5, 5.41) is 3.99. The van der Waals surface area contributed by atoms with Crippen LogP contribution in [-0.4, -0.2) is 15.1 Å². The molecule has 3 rings (SSSR count).